The molecule has 1 unspecified atom stereocenters. The maximum absolute atomic E-state index is 12.6. The molecule has 1 atom stereocenters. The lowest BCUT2D eigenvalue weighted by Crippen LogP contribution is -2.28. The van der Waals surface area contributed by atoms with Crippen LogP contribution in [-0.4, -0.2) is 36.7 Å². The maximum atomic E-state index is 12.6. The molecule has 0 aliphatic carbocycles. The molecule has 1 fully saturated rings. The summed E-state index contributed by atoms with van der Waals surface area (Å²) in [5.41, 5.74) is 2.06. The Morgan fingerprint density at radius 1 is 1.10 bits per heavy atom. The molecule has 3 rings (SSSR count). The van der Waals surface area contributed by atoms with Crippen LogP contribution in [0.2, 0.25) is 0 Å². The van der Waals surface area contributed by atoms with Crippen LogP contribution < -0.4 is 10.2 Å². The zero-order valence-corrected chi connectivity index (χ0v) is 16.3. The molecule has 1 heterocycles. The van der Waals surface area contributed by atoms with Gasteiger partial charge in [-0.3, -0.25) is 14.4 Å². The van der Waals surface area contributed by atoms with Gasteiger partial charge < -0.3 is 15.0 Å². The van der Waals surface area contributed by atoms with Crippen LogP contribution in [0.5, 0.6) is 0 Å². The summed E-state index contributed by atoms with van der Waals surface area (Å²) in [6.45, 7) is 3.73. The van der Waals surface area contributed by atoms with Crippen molar-refractivity contribution in [1.29, 1.82) is 0 Å². The second-order valence-corrected chi connectivity index (χ2v) is 6.80. The van der Waals surface area contributed by atoms with E-state index in [0.29, 0.717) is 29.1 Å². The van der Waals surface area contributed by atoms with E-state index >= 15 is 0 Å². The van der Waals surface area contributed by atoms with Crippen LogP contribution in [0.1, 0.15) is 41.0 Å². The summed E-state index contributed by atoms with van der Waals surface area (Å²) >= 11 is 0. The third kappa shape index (κ3) is 4.68. The largest absolute Gasteiger partial charge is 0.462 e. The van der Waals surface area contributed by atoms with Crippen molar-refractivity contribution in [1.82, 2.24) is 0 Å². The van der Waals surface area contributed by atoms with Crippen LogP contribution in [0.25, 0.3) is 0 Å². The summed E-state index contributed by atoms with van der Waals surface area (Å²) in [5, 5.41) is 2.78. The minimum atomic E-state index is -0.506. The lowest BCUT2D eigenvalue weighted by molar-refractivity contribution is -0.122. The topological polar surface area (TPSA) is 92.8 Å². The molecule has 7 nitrogen and oxygen atoms in total. The SMILES string of the molecule is CCOC(=O)c1ccc(NC(=O)C2CC(=O)N(c3cccc(C(C)=O)c3)C2)cc1. The number of esters is 1. The van der Waals surface area contributed by atoms with E-state index in [0.717, 1.165) is 0 Å². The van der Waals surface area contributed by atoms with E-state index < -0.39 is 11.9 Å². The number of hydrogen-bond acceptors (Lipinski definition) is 5. The van der Waals surface area contributed by atoms with E-state index in [2.05, 4.69) is 5.32 Å². The van der Waals surface area contributed by atoms with E-state index in [1.54, 1.807) is 55.5 Å². The fraction of sp³-hybridized carbons (Fsp3) is 0.273. The van der Waals surface area contributed by atoms with Crippen LogP contribution in [0.3, 0.4) is 0 Å². The lowest BCUT2D eigenvalue weighted by atomic mass is 10.1. The number of hydrogen-bond donors (Lipinski definition) is 1. The molecular weight excluding hydrogens is 372 g/mol. The first-order valence-electron chi connectivity index (χ1n) is 9.38. The van der Waals surface area contributed by atoms with Crippen molar-refractivity contribution in [2.45, 2.75) is 20.3 Å². The molecule has 0 radical (unpaired) electrons. The van der Waals surface area contributed by atoms with Gasteiger partial charge in [-0.05, 0) is 50.2 Å². The molecule has 2 aromatic carbocycles. The molecule has 0 spiro atoms. The second kappa shape index (κ2) is 8.68. The zero-order chi connectivity index (χ0) is 21.0. The summed E-state index contributed by atoms with van der Waals surface area (Å²) in [4.78, 5) is 49.8. The lowest BCUT2D eigenvalue weighted by Gasteiger charge is -2.17. The first-order valence-corrected chi connectivity index (χ1v) is 9.38. The Morgan fingerprint density at radius 2 is 1.83 bits per heavy atom. The van der Waals surface area contributed by atoms with Gasteiger partial charge in [0.25, 0.3) is 0 Å². The van der Waals surface area contributed by atoms with E-state index in [1.165, 1.54) is 11.8 Å². The molecule has 1 saturated heterocycles. The molecule has 150 valence electrons. The number of carbonyl (C=O) groups excluding carboxylic acids is 4. The Morgan fingerprint density at radius 3 is 2.48 bits per heavy atom. The predicted molar refractivity (Wildman–Crippen MR) is 108 cm³/mol. The maximum Gasteiger partial charge on any atom is 0.338 e. The highest BCUT2D eigenvalue weighted by molar-refractivity contribution is 6.04. The minimum absolute atomic E-state index is 0.0842. The number of nitrogens with one attached hydrogen (secondary N) is 1. The van der Waals surface area contributed by atoms with Gasteiger partial charge in [0.2, 0.25) is 11.8 Å². The van der Waals surface area contributed by atoms with Crippen LogP contribution in [0, 0.1) is 5.92 Å². The van der Waals surface area contributed by atoms with Crippen molar-refractivity contribution in [3.8, 4) is 0 Å². The van der Waals surface area contributed by atoms with Crippen LogP contribution >= 0.6 is 0 Å². The summed E-state index contributed by atoms with van der Waals surface area (Å²) in [6, 6.07) is 13.2. The summed E-state index contributed by atoms with van der Waals surface area (Å²) < 4.78 is 4.93. The van der Waals surface area contributed by atoms with Crippen LogP contribution in [0.15, 0.2) is 48.5 Å². The number of rotatable bonds is 6. The zero-order valence-electron chi connectivity index (χ0n) is 16.3. The van der Waals surface area contributed by atoms with Gasteiger partial charge in [-0.2, -0.15) is 0 Å². The first-order chi connectivity index (χ1) is 13.9. The Kier molecular flexibility index (Phi) is 6.07. The fourth-order valence-corrected chi connectivity index (χ4v) is 3.17. The number of nitrogens with zero attached hydrogens (tertiary/aromatic N) is 1. The number of ketones is 1. The van der Waals surface area contributed by atoms with E-state index in [9.17, 15) is 19.2 Å². The molecule has 7 heteroatoms. The monoisotopic (exact) mass is 394 g/mol. The highest BCUT2D eigenvalue weighted by Crippen LogP contribution is 2.27. The van der Waals surface area contributed by atoms with Gasteiger partial charge in [0.05, 0.1) is 18.1 Å². The van der Waals surface area contributed by atoms with E-state index in [-0.39, 0.29) is 30.6 Å². The summed E-state index contributed by atoms with van der Waals surface area (Å²) in [7, 11) is 0. The molecule has 2 aromatic rings. The molecule has 2 amide bonds. The number of ether oxygens (including phenoxy) is 1. The summed E-state index contributed by atoms with van der Waals surface area (Å²) in [6.07, 6.45) is 0.0943. The highest BCUT2D eigenvalue weighted by Gasteiger charge is 2.35. The average Bonchev–Trinajstić information content (AvgIpc) is 3.10. The quantitative estimate of drug-likeness (QED) is 0.600. The average molecular weight is 394 g/mol. The number of carbonyl (C=O) groups is 4. The van der Waals surface area contributed by atoms with Crippen molar-refractivity contribution in [3.63, 3.8) is 0 Å². The van der Waals surface area contributed by atoms with E-state index in [1.807, 2.05) is 0 Å². The number of anilines is 2. The molecule has 0 bridgehead atoms. The van der Waals surface area contributed by atoms with Gasteiger partial charge in [0, 0.05) is 29.9 Å². The Balaban J connectivity index is 1.65. The standard InChI is InChI=1S/C22H22N2O5/c1-3-29-22(28)15-7-9-18(10-8-15)23-21(27)17-12-20(26)24(13-17)19-6-4-5-16(11-19)14(2)25/h4-11,17H,3,12-13H2,1-2H3,(H,23,27). The van der Waals surface area contributed by atoms with Gasteiger partial charge >= 0.3 is 5.97 Å². The molecule has 0 aromatic heterocycles. The number of benzene rings is 2. The number of Topliss-reactive ketones (excluding diaryl/α,β-unsaturated/α-hetero) is 1. The van der Waals surface area contributed by atoms with Crippen molar-refractivity contribution < 1.29 is 23.9 Å². The number of amides is 2. The molecule has 29 heavy (non-hydrogen) atoms. The second-order valence-electron chi connectivity index (χ2n) is 6.80. The first kappa shape index (κ1) is 20.3. The Bertz CT molecular complexity index is 952. The molecule has 1 N–H and O–H groups in total. The Labute approximate surface area is 168 Å². The van der Waals surface area contributed by atoms with Crippen molar-refractivity contribution in [2.24, 2.45) is 5.92 Å². The molecule has 1 aliphatic heterocycles. The van der Waals surface area contributed by atoms with Gasteiger partial charge in [0.1, 0.15) is 0 Å². The molecule has 1 aliphatic rings. The third-order valence-electron chi connectivity index (χ3n) is 4.72. The normalized spacial score (nSPS) is 15.9. The van der Waals surface area contributed by atoms with Crippen LogP contribution in [0.4, 0.5) is 11.4 Å². The smallest absolute Gasteiger partial charge is 0.338 e. The van der Waals surface area contributed by atoms with Gasteiger partial charge in [-0.1, -0.05) is 12.1 Å². The Hall–Kier alpha value is -3.48. The van der Waals surface area contributed by atoms with Crippen molar-refractivity contribution in [3.05, 3.63) is 59.7 Å². The van der Waals surface area contributed by atoms with Crippen molar-refractivity contribution in [2.75, 3.05) is 23.4 Å². The minimum Gasteiger partial charge on any atom is -0.462 e. The molecule has 0 saturated carbocycles. The molecular formula is C22H22N2O5. The van der Waals surface area contributed by atoms with Gasteiger partial charge in [-0.25, -0.2) is 4.79 Å². The fourth-order valence-electron chi connectivity index (χ4n) is 3.17. The van der Waals surface area contributed by atoms with Gasteiger partial charge in [-0.15, -0.1) is 0 Å². The van der Waals surface area contributed by atoms with E-state index in [4.69, 9.17) is 4.74 Å². The predicted octanol–water partition coefficient (Wildman–Crippen LogP) is 3.06. The highest BCUT2D eigenvalue weighted by atomic mass is 16.5. The summed E-state index contributed by atoms with van der Waals surface area (Å²) in [5.74, 6) is -1.45. The third-order valence-corrected chi connectivity index (χ3v) is 4.72. The van der Waals surface area contributed by atoms with Crippen molar-refractivity contribution >= 4 is 34.9 Å². The van der Waals surface area contributed by atoms with Gasteiger partial charge in [0.15, 0.2) is 5.78 Å². The van der Waals surface area contributed by atoms with Crippen LogP contribution in [-0.2, 0) is 14.3 Å².